The number of fused-ring (bicyclic) bond motifs is 1. The molecular weight excluding hydrogens is 322 g/mol. The SMILES string of the molecule is CC1CCCC2(C)C1CCC2C(C)(C)/C=C/C(=O)C1(C(=O)N(C)C)CC1. The van der Waals surface area contributed by atoms with Crippen molar-refractivity contribution >= 4 is 11.7 Å². The third-order valence-corrected chi connectivity index (χ3v) is 8.07. The first-order valence-corrected chi connectivity index (χ1v) is 10.5. The molecule has 146 valence electrons. The van der Waals surface area contributed by atoms with Crippen LogP contribution in [-0.2, 0) is 9.59 Å². The van der Waals surface area contributed by atoms with Gasteiger partial charge in [-0.1, -0.05) is 46.6 Å². The van der Waals surface area contributed by atoms with Crippen molar-refractivity contribution in [2.45, 2.75) is 72.6 Å². The fourth-order valence-electron chi connectivity index (χ4n) is 6.47. The molecule has 0 saturated heterocycles. The zero-order valence-corrected chi connectivity index (χ0v) is 17.6. The molecule has 0 heterocycles. The Balaban J connectivity index is 1.76. The summed E-state index contributed by atoms with van der Waals surface area (Å²) in [6.45, 7) is 9.52. The van der Waals surface area contributed by atoms with Gasteiger partial charge in [0.1, 0.15) is 5.41 Å². The molecule has 4 atom stereocenters. The minimum Gasteiger partial charge on any atom is -0.348 e. The molecule has 4 unspecified atom stereocenters. The number of amides is 1. The molecule has 3 aliphatic carbocycles. The number of rotatable bonds is 5. The van der Waals surface area contributed by atoms with E-state index in [-0.39, 0.29) is 17.1 Å². The summed E-state index contributed by atoms with van der Waals surface area (Å²) < 4.78 is 0. The molecule has 26 heavy (non-hydrogen) atoms. The lowest BCUT2D eigenvalue weighted by Crippen LogP contribution is -2.41. The quantitative estimate of drug-likeness (QED) is 0.519. The van der Waals surface area contributed by atoms with Crippen LogP contribution < -0.4 is 0 Å². The summed E-state index contributed by atoms with van der Waals surface area (Å²) in [5.41, 5.74) is -0.365. The van der Waals surface area contributed by atoms with Crippen molar-refractivity contribution in [1.29, 1.82) is 0 Å². The topological polar surface area (TPSA) is 37.4 Å². The van der Waals surface area contributed by atoms with Crippen LogP contribution in [0.4, 0.5) is 0 Å². The predicted octanol–water partition coefficient (Wildman–Crippen LogP) is 4.86. The number of allylic oxidation sites excluding steroid dienone is 2. The molecule has 3 fully saturated rings. The fraction of sp³-hybridized carbons (Fsp3) is 0.826. The monoisotopic (exact) mass is 359 g/mol. The average molecular weight is 360 g/mol. The van der Waals surface area contributed by atoms with Crippen molar-refractivity contribution in [2.75, 3.05) is 14.1 Å². The highest BCUT2D eigenvalue weighted by atomic mass is 16.2. The molecule has 3 aliphatic rings. The lowest BCUT2D eigenvalue weighted by molar-refractivity contribution is -0.139. The second-order valence-corrected chi connectivity index (χ2v) is 10.4. The van der Waals surface area contributed by atoms with Gasteiger partial charge in [-0.25, -0.2) is 0 Å². The standard InChI is InChI=1S/C23H37NO2/c1-16-8-7-12-22(4)17(16)9-10-18(22)21(2,3)13-11-19(25)23(14-15-23)20(26)24(5)6/h11,13,16-18H,7-10,12,14-15H2,1-6H3/b13-11+. The van der Waals surface area contributed by atoms with Crippen molar-refractivity contribution in [3.8, 4) is 0 Å². The number of hydrogen-bond donors (Lipinski definition) is 0. The lowest BCUT2D eigenvalue weighted by Gasteiger charge is -2.48. The van der Waals surface area contributed by atoms with E-state index >= 15 is 0 Å². The van der Waals surface area contributed by atoms with Crippen molar-refractivity contribution in [2.24, 2.45) is 34.0 Å². The van der Waals surface area contributed by atoms with Crippen LogP contribution in [0.25, 0.3) is 0 Å². The molecule has 0 aliphatic heterocycles. The Kier molecular flexibility index (Phi) is 4.90. The third-order valence-electron chi connectivity index (χ3n) is 8.07. The smallest absolute Gasteiger partial charge is 0.236 e. The lowest BCUT2D eigenvalue weighted by atomic mass is 9.56. The van der Waals surface area contributed by atoms with Gasteiger partial charge in [0.25, 0.3) is 0 Å². The van der Waals surface area contributed by atoms with E-state index < -0.39 is 5.41 Å². The van der Waals surface area contributed by atoms with E-state index in [0.717, 1.165) is 11.8 Å². The van der Waals surface area contributed by atoms with Gasteiger partial charge in [0.2, 0.25) is 5.91 Å². The number of carbonyl (C=O) groups excluding carboxylic acids is 2. The average Bonchev–Trinajstić information content (AvgIpc) is 3.28. The summed E-state index contributed by atoms with van der Waals surface area (Å²) in [7, 11) is 3.49. The van der Waals surface area contributed by atoms with Crippen LogP contribution in [0, 0.1) is 34.0 Å². The van der Waals surface area contributed by atoms with Gasteiger partial charge in [-0.2, -0.15) is 0 Å². The molecule has 1 amide bonds. The minimum absolute atomic E-state index is 0.00648. The summed E-state index contributed by atoms with van der Waals surface area (Å²) in [6.07, 6.45) is 11.9. The Hall–Kier alpha value is -1.12. The highest BCUT2D eigenvalue weighted by Crippen LogP contribution is 2.62. The van der Waals surface area contributed by atoms with E-state index in [1.54, 1.807) is 25.1 Å². The molecule has 0 aromatic heterocycles. The van der Waals surface area contributed by atoms with E-state index in [9.17, 15) is 9.59 Å². The number of hydrogen-bond acceptors (Lipinski definition) is 2. The third kappa shape index (κ3) is 3.05. The highest BCUT2D eigenvalue weighted by Gasteiger charge is 2.56. The zero-order valence-electron chi connectivity index (χ0n) is 17.6. The van der Waals surface area contributed by atoms with Crippen molar-refractivity contribution in [1.82, 2.24) is 4.90 Å². The van der Waals surface area contributed by atoms with Gasteiger partial charge in [-0.05, 0) is 66.8 Å². The van der Waals surface area contributed by atoms with Gasteiger partial charge in [-0.15, -0.1) is 0 Å². The normalized spacial score (nSPS) is 36.0. The van der Waals surface area contributed by atoms with E-state index in [2.05, 4.69) is 33.8 Å². The van der Waals surface area contributed by atoms with Gasteiger partial charge >= 0.3 is 0 Å². The van der Waals surface area contributed by atoms with Crippen LogP contribution in [0.2, 0.25) is 0 Å². The zero-order chi connectivity index (χ0) is 19.3. The first-order chi connectivity index (χ1) is 12.0. The summed E-state index contributed by atoms with van der Waals surface area (Å²) in [6, 6.07) is 0. The molecule has 3 rings (SSSR count). The van der Waals surface area contributed by atoms with Gasteiger partial charge in [0.05, 0.1) is 0 Å². The Morgan fingerprint density at radius 1 is 1.08 bits per heavy atom. The second-order valence-electron chi connectivity index (χ2n) is 10.4. The highest BCUT2D eigenvalue weighted by molar-refractivity contribution is 6.13. The van der Waals surface area contributed by atoms with E-state index in [1.165, 1.54) is 32.1 Å². The summed E-state index contributed by atoms with van der Waals surface area (Å²) in [5.74, 6) is 2.26. The largest absolute Gasteiger partial charge is 0.348 e. The first kappa shape index (κ1) is 19.6. The molecule has 3 nitrogen and oxygen atoms in total. The van der Waals surface area contributed by atoms with E-state index in [4.69, 9.17) is 0 Å². The maximum atomic E-state index is 12.8. The molecule has 0 aromatic rings. The Labute approximate surface area is 159 Å². The van der Waals surface area contributed by atoms with Gasteiger partial charge in [0.15, 0.2) is 5.78 Å². The number of ketones is 1. The predicted molar refractivity (Wildman–Crippen MR) is 106 cm³/mol. The van der Waals surface area contributed by atoms with E-state index in [0.29, 0.717) is 24.2 Å². The van der Waals surface area contributed by atoms with Gasteiger partial charge in [-0.3, -0.25) is 9.59 Å². The minimum atomic E-state index is -0.752. The molecule has 3 saturated carbocycles. The molecule has 0 aromatic carbocycles. The Morgan fingerprint density at radius 3 is 2.31 bits per heavy atom. The van der Waals surface area contributed by atoms with Crippen LogP contribution in [0.1, 0.15) is 72.6 Å². The van der Waals surface area contributed by atoms with Crippen LogP contribution >= 0.6 is 0 Å². The molecule has 0 spiro atoms. The summed E-state index contributed by atoms with van der Waals surface area (Å²) >= 11 is 0. The molecule has 0 radical (unpaired) electrons. The van der Waals surface area contributed by atoms with Gasteiger partial charge < -0.3 is 4.90 Å². The van der Waals surface area contributed by atoms with Gasteiger partial charge in [0, 0.05) is 14.1 Å². The molecule has 0 N–H and O–H groups in total. The van der Waals surface area contributed by atoms with Crippen molar-refractivity contribution in [3.63, 3.8) is 0 Å². The second kappa shape index (κ2) is 6.49. The maximum Gasteiger partial charge on any atom is 0.236 e. The Morgan fingerprint density at radius 2 is 1.73 bits per heavy atom. The summed E-state index contributed by atoms with van der Waals surface area (Å²) in [4.78, 5) is 26.8. The maximum absolute atomic E-state index is 12.8. The fourth-order valence-corrected chi connectivity index (χ4v) is 6.47. The van der Waals surface area contributed by atoms with Crippen molar-refractivity contribution in [3.05, 3.63) is 12.2 Å². The van der Waals surface area contributed by atoms with Crippen LogP contribution in [-0.4, -0.2) is 30.7 Å². The number of carbonyl (C=O) groups is 2. The van der Waals surface area contributed by atoms with Crippen LogP contribution in [0.5, 0.6) is 0 Å². The van der Waals surface area contributed by atoms with Crippen LogP contribution in [0.3, 0.4) is 0 Å². The Bertz CT molecular complexity index is 614. The summed E-state index contributed by atoms with van der Waals surface area (Å²) in [5, 5.41) is 0. The van der Waals surface area contributed by atoms with Crippen LogP contribution in [0.15, 0.2) is 12.2 Å². The molecular formula is C23H37NO2. The van der Waals surface area contributed by atoms with E-state index in [1.807, 2.05) is 0 Å². The first-order valence-electron chi connectivity index (χ1n) is 10.5. The van der Waals surface area contributed by atoms with Crippen molar-refractivity contribution < 1.29 is 9.59 Å². The number of nitrogens with zero attached hydrogens (tertiary/aromatic N) is 1. The molecule has 0 bridgehead atoms. The molecule has 3 heteroatoms.